The van der Waals surface area contributed by atoms with Crippen LogP contribution in [0.15, 0.2) is 47.5 Å². The number of ether oxygens (including phenoxy) is 4. The van der Waals surface area contributed by atoms with E-state index in [1.54, 1.807) is 30.9 Å². The van der Waals surface area contributed by atoms with Crippen LogP contribution in [0.3, 0.4) is 0 Å². The molecule has 1 aromatic rings. The van der Waals surface area contributed by atoms with Gasteiger partial charge in [-0.05, 0) is 30.2 Å². The summed E-state index contributed by atoms with van der Waals surface area (Å²) in [7, 11) is 8.73. The second-order valence-corrected chi connectivity index (χ2v) is 18.6. The fourth-order valence-electron chi connectivity index (χ4n) is 8.96. The van der Waals surface area contributed by atoms with E-state index in [1.165, 1.54) is 19.3 Å². The first kappa shape index (κ1) is 59.1. The number of hydrogen-bond acceptors (Lipinski definition) is 12. The molecule has 1 saturated heterocycles. The number of benzene rings is 1. The minimum absolute atomic E-state index is 0.00125. The standard InChI is InChI=1S/C51H82N8O11/c1-12-35(5)47(57(9)51(66)46(34(3)4)55-41(13-2)56(7)8)40(67-10)33-45(63)58-26-17-20-39(58)48(68-11)36(6)49(64)54-38(32-37-18-15-14-16-19-37)50(65)53-25-29-70-31-30-69-28-24-52-42(60)23-27-59-43(61)21-22-44(59)62/h14-16,18-19,21-22,34-36,38-40,46-48H,12-13,17,20,23-33H2,1-11H3,(H,52,60)(H,53,65)(H,54,64)/t35-,36+,38-,39-,40+,46-,47-,48+/m0/s1. The highest BCUT2D eigenvalue weighted by Crippen LogP contribution is 2.30. The van der Waals surface area contributed by atoms with Crippen LogP contribution in [0.2, 0.25) is 0 Å². The first-order valence-corrected chi connectivity index (χ1v) is 24.8. The largest absolute Gasteiger partial charge is 0.379 e. The Morgan fingerprint density at radius 3 is 2.03 bits per heavy atom. The molecular weight excluding hydrogens is 901 g/mol. The summed E-state index contributed by atoms with van der Waals surface area (Å²) in [5.74, 6) is -2.21. The topological polar surface area (TPSA) is 218 Å². The summed E-state index contributed by atoms with van der Waals surface area (Å²) in [6.45, 7) is 13.7. The third-order valence-electron chi connectivity index (χ3n) is 13.1. The van der Waals surface area contributed by atoms with Gasteiger partial charge in [-0.2, -0.15) is 0 Å². The Labute approximate surface area is 415 Å². The van der Waals surface area contributed by atoms with Crippen LogP contribution < -0.4 is 16.0 Å². The van der Waals surface area contributed by atoms with E-state index in [4.69, 9.17) is 23.9 Å². The van der Waals surface area contributed by atoms with Gasteiger partial charge in [0, 0.05) is 93.0 Å². The number of amidine groups is 1. The highest BCUT2D eigenvalue weighted by atomic mass is 16.5. The molecule has 0 saturated carbocycles. The van der Waals surface area contributed by atoms with Gasteiger partial charge in [-0.1, -0.05) is 78.3 Å². The summed E-state index contributed by atoms with van der Waals surface area (Å²) in [4.78, 5) is 103. The third-order valence-corrected chi connectivity index (χ3v) is 13.1. The molecular formula is C51H82N8O11. The number of carbonyl (C=O) groups excluding carboxylic acids is 7. The van der Waals surface area contributed by atoms with Gasteiger partial charge in [0.25, 0.3) is 11.8 Å². The van der Waals surface area contributed by atoms with Gasteiger partial charge in [-0.15, -0.1) is 0 Å². The van der Waals surface area contributed by atoms with E-state index in [0.29, 0.717) is 25.8 Å². The maximum atomic E-state index is 14.4. The van der Waals surface area contributed by atoms with Crippen LogP contribution in [0.1, 0.15) is 85.6 Å². The summed E-state index contributed by atoms with van der Waals surface area (Å²) in [6.07, 6.45) is 4.08. The van der Waals surface area contributed by atoms with Crippen LogP contribution in [0, 0.1) is 17.8 Å². The number of nitrogens with one attached hydrogen (secondary N) is 3. The van der Waals surface area contributed by atoms with Gasteiger partial charge in [0.15, 0.2) is 0 Å². The highest BCUT2D eigenvalue weighted by molar-refractivity contribution is 6.13. The molecule has 392 valence electrons. The number of methoxy groups -OCH3 is 2. The highest BCUT2D eigenvalue weighted by Gasteiger charge is 2.43. The number of rotatable bonds is 31. The zero-order chi connectivity index (χ0) is 51.9. The van der Waals surface area contributed by atoms with E-state index in [-0.39, 0.29) is 101 Å². The normalized spacial score (nSPS) is 18.0. The van der Waals surface area contributed by atoms with Crippen molar-refractivity contribution in [2.75, 3.05) is 88.0 Å². The Kier molecular flexibility index (Phi) is 25.7. The van der Waals surface area contributed by atoms with Crippen molar-refractivity contribution >= 4 is 47.2 Å². The predicted octanol–water partition coefficient (Wildman–Crippen LogP) is 2.61. The molecule has 2 aliphatic heterocycles. The van der Waals surface area contributed by atoms with Crippen LogP contribution in [0.5, 0.6) is 0 Å². The first-order chi connectivity index (χ1) is 33.4. The lowest BCUT2D eigenvalue weighted by Gasteiger charge is -2.40. The Morgan fingerprint density at radius 2 is 1.47 bits per heavy atom. The lowest BCUT2D eigenvalue weighted by molar-refractivity contribution is -0.146. The van der Waals surface area contributed by atoms with Crippen molar-refractivity contribution in [3.05, 3.63) is 48.0 Å². The lowest BCUT2D eigenvalue weighted by Crippen LogP contribution is -2.55. The molecule has 3 N–H and O–H groups in total. The number of hydrogen-bond donors (Lipinski definition) is 3. The number of amides is 7. The van der Waals surface area contributed by atoms with Gasteiger partial charge in [0.1, 0.15) is 12.1 Å². The fraction of sp³-hybridized carbons (Fsp3) is 0.686. The molecule has 0 unspecified atom stereocenters. The number of likely N-dealkylation sites (tertiary alicyclic amines) is 1. The Hall–Kier alpha value is -5.24. The van der Waals surface area contributed by atoms with E-state index in [1.807, 2.05) is 70.1 Å². The quantitative estimate of drug-likeness (QED) is 0.0424. The average Bonchev–Trinajstić information content (AvgIpc) is 3.96. The summed E-state index contributed by atoms with van der Waals surface area (Å²) >= 11 is 0. The van der Waals surface area contributed by atoms with Crippen molar-refractivity contribution in [1.82, 2.24) is 35.6 Å². The Morgan fingerprint density at radius 1 is 0.843 bits per heavy atom. The molecule has 19 heteroatoms. The summed E-state index contributed by atoms with van der Waals surface area (Å²) in [6, 6.07) is 7.03. The molecule has 7 amide bonds. The monoisotopic (exact) mass is 983 g/mol. The van der Waals surface area contributed by atoms with Crippen LogP contribution in [-0.4, -0.2) is 191 Å². The maximum absolute atomic E-state index is 14.4. The first-order valence-electron chi connectivity index (χ1n) is 24.8. The summed E-state index contributed by atoms with van der Waals surface area (Å²) in [5, 5.41) is 8.52. The van der Waals surface area contributed by atoms with E-state index in [9.17, 15) is 33.6 Å². The van der Waals surface area contributed by atoms with Crippen LogP contribution in [0.4, 0.5) is 0 Å². The average molecular weight is 983 g/mol. The molecule has 0 spiro atoms. The number of carbonyl (C=O) groups is 7. The zero-order valence-electron chi connectivity index (χ0n) is 43.6. The lowest BCUT2D eigenvalue weighted by atomic mass is 9.89. The smallest absolute Gasteiger partial charge is 0.253 e. The van der Waals surface area contributed by atoms with E-state index >= 15 is 0 Å². The Bertz CT molecular complexity index is 1900. The predicted molar refractivity (Wildman–Crippen MR) is 266 cm³/mol. The van der Waals surface area contributed by atoms with Crippen molar-refractivity contribution in [3.8, 4) is 0 Å². The minimum Gasteiger partial charge on any atom is -0.379 e. The SMILES string of the molecule is CCC(=N[C@H](C(=O)N(C)[C@@H]([C@@H](C)CC)[C@@H](CC(=O)N1CCC[C@H]1[C@H](OC)[C@@H](C)C(=O)N[C@@H](Cc1ccccc1)C(=O)NCCOCCOCCNC(=O)CCN1C(=O)C=CC1=O)OC)C(C)C)N(C)C. The molecule has 0 bridgehead atoms. The molecule has 70 heavy (non-hydrogen) atoms. The van der Waals surface area contributed by atoms with E-state index in [2.05, 4.69) is 29.8 Å². The van der Waals surface area contributed by atoms with Gasteiger partial charge in [-0.3, -0.25) is 43.5 Å². The molecule has 19 nitrogen and oxygen atoms in total. The number of nitrogens with zero attached hydrogens (tertiary/aromatic N) is 5. The maximum Gasteiger partial charge on any atom is 0.253 e. The van der Waals surface area contributed by atoms with Crippen LogP contribution in [-0.2, 0) is 58.9 Å². The van der Waals surface area contributed by atoms with Crippen molar-refractivity contribution in [1.29, 1.82) is 0 Å². The van der Waals surface area contributed by atoms with Crippen molar-refractivity contribution in [2.24, 2.45) is 22.7 Å². The van der Waals surface area contributed by atoms with Gasteiger partial charge in [0.05, 0.1) is 68.9 Å². The van der Waals surface area contributed by atoms with E-state index in [0.717, 1.165) is 22.7 Å². The van der Waals surface area contributed by atoms with Gasteiger partial charge in [-0.25, -0.2) is 0 Å². The van der Waals surface area contributed by atoms with Crippen molar-refractivity contribution in [3.63, 3.8) is 0 Å². The summed E-state index contributed by atoms with van der Waals surface area (Å²) in [5.41, 5.74) is 0.854. The summed E-state index contributed by atoms with van der Waals surface area (Å²) < 4.78 is 23.2. The van der Waals surface area contributed by atoms with Gasteiger partial charge < -0.3 is 49.6 Å². The second kappa shape index (κ2) is 30.5. The van der Waals surface area contributed by atoms with Gasteiger partial charge in [0.2, 0.25) is 29.5 Å². The molecule has 2 aliphatic rings. The zero-order valence-corrected chi connectivity index (χ0v) is 43.6. The molecule has 0 aromatic heterocycles. The second-order valence-electron chi connectivity index (χ2n) is 18.6. The fourth-order valence-corrected chi connectivity index (χ4v) is 8.96. The molecule has 3 rings (SSSR count). The van der Waals surface area contributed by atoms with Crippen molar-refractivity contribution in [2.45, 2.75) is 123 Å². The molecule has 0 radical (unpaired) electrons. The van der Waals surface area contributed by atoms with Gasteiger partial charge >= 0.3 is 0 Å². The number of likely N-dealkylation sites (N-methyl/N-ethyl adjacent to an activating group) is 1. The molecule has 2 heterocycles. The minimum atomic E-state index is -0.917. The molecule has 0 aliphatic carbocycles. The number of imide groups is 1. The Balaban J connectivity index is 1.58. The molecule has 1 fully saturated rings. The molecule has 8 atom stereocenters. The van der Waals surface area contributed by atoms with E-state index < -0.39 is 60.0 Å². The van der Waals surface area contributed by atoms with Crippen LogP contribution in [0.25, 0.3) is 0 Å². The molecule has 1 aromatic carbocycles. The number of aliphatic imine (C=N–C) groups is 1. The van der Waals surface area contributed by atoms with Crippen molar-refractivity contribution < 1.29 is 52.5 Å². The third kappa shape index (κ3) is 17.9. The van der Waals surface area contributed by atoms with Crippen LogP contribution >= 0.6 is 0 Å².